The number of aryl methyl sites for hydroxylation is 3. The number of benzene rings is 2. The summed E-state index contributed by atoms with van der Waals surface area (Å²) in [5.41, 5.74) is 3.80. The second kappa shape index (κ2) is 7.76. The van der Waals surface area contributed by atoms with Gasteiger partial charge < -0.3 is 14.5 Å². The standard InChI is InChI=1S/C22H23N3O3/c1-15-12-16(2)25(24-15)11-5-10-23-22(26)14-27-17-8-9-21-19(13-17)18-6-3-4-7-20(18)28-21/h3-4,6-9,12-13H,5,10-11,14H2,1-2H3,(H,23,26). The lowest BCUT2D eigenvalue weighted by atomic mass is 10.1. The van der Waals surface area contributed by atoms with Crippen molar-refractivity contribution >= 4 is 27.8 Å². The lowest BCUT2D eigenvalue weighted by molar-refractivity contribution is -0.123. The topological polar surface area (TPSA) is 69.3 Å². The van der Waals surface area contributed by atoms with Crippen LogP contribution in [0.4, 0.5) is 0 Å². The first kappa shape index (κ1) is 18.1. The Labute approximate surface area is 163 Å². The molecule has 0 atom stereocenters. The molecule has 2 aromatic carbocycles. The van der Waals surface area contributed by atoms with Crippen molar-refractivity contribution in [3.05, 3.63) is 59.9 Å². The first-order valence-electron chi connectivity index (χ1n) is 9.42. The van der Waals surface area contributed by atoms with Gasteiger partial charge in [0, 0.05) is 29.6 Å². The Morgan fingerprint density at radius 1 is 1.11 bits per heavy atom. The number of para-hydroxylation sites is 1. The summed E-state index contributed by atoms with van der Waals surface area (Å²) in [5.74, 6) is 0.516. The Balaban J connectivity index is 1.28. The summed E-state index contributed by atoms with van der Waals surface area (Å²) in [6.45, 7) is 5.37. The second-order valence-corrected chi connectivity index (χ2v) is 6.90. The van der Waals surface area contributed by atoms with E-state index in [9.17, 15) is 4.79 Å². The van der Waals surface area contributed by atoms with Crippen LogP contribution in [0.25, 0.3) is 21.9 Å². The van der Waals surface area contributed by atoms with Crippen molar-refractivity contribution in [1.29, 1.82) is 0 Å². The summed E-state index contributed by atoms with van der Waals surface area (Å²) in [6.07, 6.45) is 0.820. The molecule has 144 valence electrons. The van der Waals surface area contributed by atoms with Crippen LogP contribution in [-0.2, 0) is 11.3 Å². The Hall–Kier alpha value is -3.28. The molecule has 28 heavy (non-hydrogen) atoms. The summed E-state index contributed by atoms with van der Waals surface area (Å²) >= 11 is 0. The molecular weight excluding hydrogens is 354 g/mol. The first-order chi connectivity index (χ1) is 13.6. The third kappa shape index (κ3) is 3.86. The van der Waals surface area contributed by atoms with E-state index >= 15 is 0 Å². The number of furan rings is 1. The minimum absolute atomic E-state index is 0.0127. The highest BCUT2D eigenvalue weighted by Crippen LogP contribution is 2.31. The number of hydrogen-bond acceptors (Lipinski definition) is 4. The quantitative estimate of drug-likeness (QED) is 0.495. The van der Waals surface area contributed by atoms with E-state index in [2.05, 4.69) is 10.4 Å². The fourth-order valence-corrected chi connectivity index (χ4v) is 3.35. The zero-order chi connectivity index (χ0) is 19.5. The van der Waals surface area contributed by atoms with E-state index in [-0.39, 0.29) is 12.5 Å². The predicted octanol–water partition coefficient (Wildman–Crippen LogP) is 3.98. The SMILES string of the molecule is Cc1cc(C)n(CCCNC(=O)COc2ccc3oc4ccccc4c3c2)n1. The summed E-state index contributed by atoms with van der Waals surface area (Å²) in [6, 6.07) is 15.5. The molecular formula is C22H23N3O3. The Morgan fingerprint density at radius 2 is 1.93 bits per heavy atom. The Bertz CT molecular complexity index is 1130. The number of nitrogens with zero attached hydrogens (tertiary/aromatic N) is 2. The summed E-state index contributed by atoms with van der Waals surface area (Å²) in [7, 11) is 0. The number of carbonyl (C=O) groups is 1. The highest BCUT2D eigenvalue weighted by atomic mass is 16.5. The second-order valence-electron chi connectivity index (χ2n) is 6.90. The molecule has 2 heterocycles. The van der Waals surface area contributed by atoms with Gasteiger partial charge in [0.15, 0.2) is 6.61 Å². The van der Waals surface area contributed by atoms with Crippen LogP contribution in [0.1, 0.15) is 17.8 Å². The number of aromatic nitrogens is 2. The van der Waals surface area contributed by atoms with E-state index in [1.165, 1.54) is 0 Å². The molecule has 0 unspecified atom stereocenters. The molecule has 0 radical (unpaired) electrons. The zero-order valence-electron chi connectivity index (χ0n) is 16.1. The molecule has 0 aliphatic carbocycles. The van der Waals surface area contributed by atoms with Crippen molar-refractivity contribution in [2.75, 3.05) is 13.2 Å². The molecule has 0 aliphatic heterocycles. The maximum Gasteiger partial charge on any atom is 0.257 e. The van der Waals surface area contributed by atoms with Gasteiger partial charge in [-0.2, -0.15) is 5.10 Å². The van der Waals surface area contributed by atoms with Crippen LogP contribution in [0.3, 0.4) is 0 Å². The van der Waals surface area contributed by atoms with Crippen molar-refractivity contribution in [1.82, 2.24) is 15.1 Å². The fourth-order valence-electron chi connectivity index (χ4n) is 3.35. The monoisotopic (exact) mass is 377 g/mol. The summed E-state index contributed by atoms with van der Waals surface area (Å²) in [4.78, 5) is 12.0. The van der Waals surface area contributed by atoms with Crippen molar-refractivity contribution in [3.63, 3.8) is 0 Å². The van der Waals surface area contributed by atoms with Crippen LogP contribution in [0, 0.1) is 13.8 Å². The molecule has 0 saturated carbocycles. The van der Waals surface area contributed by atoms with Gasteiger partial charge in [0.05, 0.1) is 5.69 Å². The molecule has 0 aliphatic rings. The van der Waals surface area contributed by atoms with Crippen molar-refractivity contribution in [2.24, 2.45) is 0 Å². The largest absolute Gasteiger partial charge is 0.484 e. The summed E-state index contributed by atoms with van der Waals surface area (Å²) < 4.78 is 13.4. The number of hydrogen-bond donors (Lipinski definition) is 1. The number of nitrogens with one attached hydrogen (secondary N) is 1. The van der Waals surface area contributed by atoms with Gasteiger partial charge in [0.2, 0.25) is 0 Å². The molecule has 6 heteroatoms. The molecule has 6 nitrogen and oxygen atoms in total. The van der Waals surface area contributed by atoms with Crippen LogP contribution in [0.2, 0.25) is 0 Å². The highest BCUT2D eigenvalue weighted by Gasteiger charge is 2.09. The molecule has 4 aromatic rings. The number of ether oxygens (including phenoxy) is 1. The first-order valence-corrected chi connectivity index (χ1v) is 9.42. The molecule has 1 amide bonds. The van der Waals surface area contributed by atoms with E-state index in [0.29, 0.717) is 12.3 Å². The average Bonchev–Trinajstić information content (AvgIpc) is 3.22. The van der Waals surface area contributed by atoms with Gasteiger partial charge in [-0.15, -0.1) is 0 Å². The van der Waals surface area contributed by atoms with Crippen LogP contribution < -0.4 is 10.1 Å². The molecule has 0 bridgehead atoms. The van der Waals surface area contributed by atoms with Crippen molar-refractivity contribution < 1.29 is 13.9 Å². The van der Waals surface area contributed by atoms with Gasteiger partial charge in [-0.05, 0) is 50.6 Å². The lowest BCUT2D eigenvalue weighted by Gasteiger charge is -2.08. The Morgan fingerprint density at radius 3 is 2.75 bits per heavy atom. The molecule has 0 spiro atoms. The van der Waals surface area contributed by atoms with Gasteiger partial charge in [-0.1, -0.05) is 18.2 Å². The van der Waals surface area contributed by atoms with E-state index in [0.717, 1.165) is 46.3 Å². The van der Waals surface area contributed by atoms with Crippen LogP contribution in [0.5, 0.6) is 5.75 Å². The van der Waals surface area contributed by atoms with Gasteiger partial charge in [-0.25, -0.2) is 0 Å². The minimum Gasteiger partial charge on any atom is -0.484 e. The summed E-state index contributed by atoms with van der Waals surface area (Å²) in [5, 5.41) is 9.33. The third-order valence-electron chi connectivity index (χ3n) is 4.69. The number of rotatable bonds is 7. The average molecular weight is 377 g/mol. The van der Waals surface area contributed by atoms with Crippen molar-refractivity contribution in [3.8, 4) is 5.75 Å². The molecule has 1 N–H and O–H groups in total. The normalized spacial score (nSPS) is 11.2. The van der Waals surface area contributed by atoms with E-state index < -0.39 is 0 Å². The molecule has 0 saturated heterocycles. The van der Waals surface area contributed by atoms with Gasteiger partial charge >= 0.3 is 0 Å². The van der Waals surface area contributed by atoms with Crippen LogP contribution in [-0.4, -0.2) is 28.8 Å². The van der Waals surface area contributed by atoms with Crippen LogP contribution in [0.15, 0.2) is 52.9 Å². The van der Waals surface area contributed by atoms with E-state index in [4.69, 9.17) is 9.15 Å². The smallest absolute Gasteiger partial charge is 0.257 e. The number of amides is 1. The van der Waals surface area contributed by atoms with E-state index in [1.807, 2.05) is 67.1 Å². The predicted molar refractivity (Wildman–Crippen MR) is 109 cm³/mol. The lowest BCUT2D eigenvalue weighted by Crippen LogP contribution is -2.30. The molecule has 2 aromatic heterocycles. The van der Waals surface area contributed by atoms with Crippen molar-refractivity contribution in [2.45, 2.75) is 26.8 Å². The van der Waals surface area contributed by atoms with Gasteiger partial charge in [-0.3, -0.25) is 9.48 Å². The van der Waals surface area contributed by atoms with Gasteiger partial charge in [0.25, 0.3) is 5.91 Å². The van der Waals surface area contributed by atoms with Gasteiger partial charge in [0.1, 0.15) is 16.9 Å². The van der Waals surface area contributed by atoms with E-state index in [1.54, 1.807) is 0 Å². The number of fused-ring (bicyclic) bond motifs is 3. The fraction of sp³-hybridized carbons (Fsp3) is 0.273. The third-order valence-corrected chi connectivity index (χ3v) is 4.69. The highest BCUT2D eigenvalue weighted by molar-refractivity contribution is 6.05. The molecule has 0 fully saturated rings. The Kier molecular flexibility index (Phi) is 5.02. The minimum atomic E-state index is -0.134. The maximum absolute atomic E-state index is 12.0. The number of carbonyl (C=O) groups excluding carboxylic acids is 1. The van der Waals surface area contributed by atoms with Crippen LogP contribution >= 0.6 is 0 Å². The maximum atomic E-state index is 12.0. The molecule has 4 rings (SSSR count). The zero-order valence-corrected chi connectivity index (χ0v) is 16.1.